The number of carbonyl (C=O) groups is 3. The maximum atomic E-state index is 12.8. The van der Waals surface area contributed by atoms with Gasteiger partial charge in [0.1, 0.15) is 6.04 Å². The first-order valence-corrected chi connectivity index (χ1v) is 10.4. The third-order valence-electron chi connectivity index (χ3n) is 4.76. The Kier molecular flexibility index (Phi) is 7.41. The van der Waals surface area contributed by atoms with Crippen molar-refractivity contribution >= 4 is 33.7 Å². The van der Waals surface area contributed by atoms with Gasteiger partial charge in [0.15, 0.2) is 0 Å². The molecule has 0 aromatic heterocycles. The number of rotatable bonds is 7. The highest BCUT2D eigenvalue weighted by Gasteiger charge is 2.35. The third kappa shape index (κ3) is 5.90. The van der Waals surface area contributed by atoms with E-state index in [9.17, 15) is 14.4 Å². The smallest absolute Gasteiger partial charge is 0.308 e. The molecule has 1 heterocycles. The Hall–Kier alpha value is -2.67. The van der Waals surface area contributed by atoms with E-state index in [0.717, 1.165) is 10.9 Å². The van der Waals surface area contributed by atoms with Gasteiger partial charge in [0.05, 0.1) is 13.0 Å². The van der Waals surface area contributed by atoms with Gasteiger partial charge in [-0.05, 0) is 42.7 Å². The highest BCUT2D eigenvalue weighted by molar-refractivity contribution is 9.10. The molecule has 1 fully saturated rings. The van der Waals surface area contributed by atoms with Gasteiger partial charge < -0.3 is 15.0 Å². The van der Waals surface area contributed by atoms with Crippen LogP contribution in [0.5, 0.6) is 0 Å². The summed E-state index contributed by atoms with van der Waals surface area (Å²) in [5.74, 6) is -1.08. The quantitative estimate of drug-likeness (QED) is 0.511. The predicted molar refractivity (Wildman–Crippen MR) is 112 cm³/mol. The first-order chi connectivity index (χ1) is 14.0. The molecule has 1 atom stereocenters. The Morgan fingerprint density at radius 1 is 1.10 bits per heavy atom. The number of carbonyl (C=O) groups excluding carboxylic acids is 3. The first-order valence-electron chi connectivity index (χ1n) is 9.58. The Morgan fingerprint density at radius 2 is 1.83 bits per heavy atom. The van der Waals surface area contributed by atoms with Crippen LogP contribution in [-0.2, 0) is 20.7 Å². The number of hydrogen-bond donors (Lipinski definition) is 1. The minimum Gasteiger partial charge on any atom is -0.466 e. The number of esters is 1. The average molecular weight is 459 g/mol. The molecule has 1 aliphatic heterocycles. The number of amides is 2. The molecule has 3 rings (SSSR count). The number of aryl methyl sites for hydroxylation is 1. The van der Waals surface area contributed by atoms with E-state index in [-0.39, 0.29) is 24.8 Å². The van der Waals surface area contributed by atoms with Gasteiger partial charge in [0, 0.05) is 23.1 Å². The first kappa shape index (κ1) is 21.0. The summed E-state index contributed by atoms with van der Waals surface area (Å²) in [5, 5.41) is 2.72. The van der Waals surface area contributed by atoms with E-state index in [1.165, 1.54) is 10.5 Å². The molecule has 1 unspecified atom stereocenters. The molecule has 29 heavy (non-hydrogen) atoms. The summed E-state index contributed by atoms with van der Waals surface area (Å²) in [7, 11) is 0. The fourth-order valence-electron chi connectivity index (χ4n) is 3.24. The van der Waals surface area contributed by atoms with E-state index in [0.29, 0.717) is 25.1 Å². The number of nitrogens with zero attached hydrogens (tertiary/aromatic N) is 1. The molecule has 1 aliphatic rings. The molecule has 1 saturated heterocycles. The van der Waals surface area contributed by atoms with E-state index < -0.39 is 12.0 Å². The summed E-state index contributed by atoms with van der Waals surface area (Å²) in [6.45, 7) is 0.999. The number of halogens is 1. The van der Waals surface area contributed by atoms with Crippen LogP contribution >= 0.6 is 15.9 Å². The second-order valence-corrected chi connectivity index (χ2v) is 7.74. The van der Waals surface area contributed by atoms with Crippen LogP contribution in [0.4, 0.5) is 0 Å². The van der Waals surface area contributed by atoms with Gasteiger partial charge in [0.2, 0.25) is 5.91 Å². The van der Waals surface area contributed by atoms with Crippen molar-refractivity contribution in [2.24, 2.45) is 0 Å². The summed E-state index contributed by atoms with van der Waals surface area (Å²) in [6, 6.07) is 16.0. The lowest BCUT2D eigenvalue weighted by atomic mass is 10.1. The fourth-order valence-corrected chi connectivity index (χ4v) is 3.51. The monoisotopic (exact) mass is 458 g/mol. The molecular formula is C22H23BrN2O4. The second kappa shape index (κ2) is 10.2. The summed E-state index contributed by atoms with van der Waals surface area (Å²) in [4.78, 5) is 38.9. The zero-order chi connectivity index (χ0) is 20.6. The summed E-state index contributed by atoms with van der Waals surface area (Å²) in [5.41, 5.74) is 1.66. The van der Waals surface area contributed by atoms with E-state index in [1.54, 1.807) is 24.3 Å². The number of hydrogen-bond acceptors (Lipinski definition) is 4. The molecule has 0 saturated carbocycles. The molecule has 2 aromatic carbocycles. The zero-order valence-electron chi connectivity index (χ0n) is 16.0. The van der Waals surface area contributed by atoms with Crippen molar-refractivity contribution in [2.45, 2.75) is 25.3 Å². The Labute approximate surface area is 178 Å². The minimum absolute atomic E-state index is 0.153. The molecule has 0 spiro atoms. The van der Waals surface area contributed by atoms with Crippen molar-refractivity contribution in [2.75, 3.05) is 19.7 Å². The lowest BCUT2D eigenvalue weighted by Crippen LogP contribution is -2.57. The molecular weight excluding hydrogens is 436 g/mol. The number of ether oxygens (including phenoxy) is 1. The lowest BCUT2D eigenvalue weighted by Gasteiger charge is -2.34. The van der Waals surface area contributed by atoms with Gasteiger partial charge in [0.25, 0.3) is 5.91 Å². The van der Waals surface area contributed by atoms with E-state index in [2.05, 4.69) is 21.2 Å². The molecule has 1 N–H and O–H groups in total. The largest absolute Gasteiger partial charge is 0.466 e. The topological polar surface area (TPSA) is 75.7 Å². The summed E-state index contributed by atoms with van der Waals surface area (Å²) >= 11 is 3.34. The molecule has 0 aliphatic carbocycles. The molecule has 7 heteroatoms. The maximum Gasteiger partial charge on any atom is 0.308 e. The highest BCUT2D eigenvalue weighted by atomic mass is 79.9. The Morgan fingerprint density at radius 3 is 2.55 bits per heavy atom. The van der Waals surface area contributed by atoms with Gasteiger partial charge >= 0.3 is 5.97 Å². The van der Waals surface area contributed by atoms with Crippen molar-refractivity contribution in [3.8, 4) is 0 Å². The van der Waals surface area contributed by atoms with Gasteiger partial charge in [-0.1, -0.05) is 46.3 Å². The van der Waals surface area contributed by atoms with Crippen LogP contribution in [0.15, 0.2) is 59.1 Å². The van der Waals surface area contributed by atoms with Crippen LogP contribution in [-0.4, -0.2) is 48.4 Å². The van der Waals surface area contributed by atoms with Crippen LogP contribution in [0.2, 0.25) is 0 Å². The van der Waals surface area contributed by atoms with Gasteiger partial charge in [-0.15, -0.1) is 0 Å². The normalized spacial score (nSPS) is 16.2. The molecule has 0 bridgehead atoms. The minimum atomic E-state index is -0.860. The molecule has 6 nitrogen and oxygen atoms in total. The van der Waals surface area contributed by atoms with E-state index in [4.69, 9.17) is 4.74 Å². The van der Waals surface area contributed by atoms with Gasteiger partial charge in [-0.2, -0.15) is 0 Å². The van der Waals surface area contributed by atoms with Crippen molar-refractivity contribution in [3.05, 3.63) is 70.2 Å². The van der Waals surface area contributed by atoms with Crippen LogP contribution in [0.1, 0.15) is 28.8 Å². The lowest BCUT2D eigenvalue weighted by molar-refractivity contribution is -0.147. The van der Waals surface area contributed by atoms with Crippen LogP contribution < -0.4 is 5.32 Å². The standard InChI is InChI=1S/C22H23BrN2O4/c23-18-10-8-17(9-11-18)22(28)25-13-12-24-21(27)19(25)15-20(26)29-14-4-7-16-5-2-1-3-6-16/h1-3,5-6,8-11,19H,4,7,12-15H2,(H,24,27). The zero-order valence-corrected chi connectivity index (χ0v) is 17.6. The predicted octanol–water partition coefficient (Wildman–Crippen LogP) is 2.96. The molecule has 2 amide bonds. The van der Waals surface area contributed by atoms with Crippen LogP contribution in [0, 0.1) is 0 Å². The van der Waals surface area contributed by atoms with Crippen LogP contribution in [0.3, 0.4) is 0 Å². The summed E-state index contributed by atoms with van der Waals surface area (Å²) in [6.07, 6.45) is 1.36. The van der Waals surface area contributed by atoms with Crippen molar-refractivity contribution in [1.29, 1.82) is 0 Å². The maximum absolute atomic E-state index is 12.8. The molecule has 152 valence electrons. The number of piperazine rings is 1. The van der Waals surface area contributed by atoms with Crippen molar-refractivity contribution in [3.63, 3.8) is 0 Å². The fraction of sp³-hybridized carbons (Fsp3) is 0.318. The number of benzene rings is 2. The third-order valence-corrected chi connectivity index (χ3v) is 5.29. The molecule has 2 aromatic rings. The SMILES string of the molecule is O=C(CC1C(=O)NCCN1C(=O)c1ccc(Br)cc1)OCCCc1ccccc1. The Bertz CT molecular complexity index is 855. The summed E-state index contributed by atoms with van der Waals surface area (Å²) < 4.78 is 6.16. The molecule has 0 radical (unpaired) electrons. The van der Waals surface area contributed by atoms with E-state index in [1.807, 2.05) is 30.3 Å². The average Bonchev–Trinajstić information content (AvgIpc) is 2.73. The van der Waals surface area contributed by atoms with Gasteiger partial charge in [-0.25, -0.2) is 0 Å². The highest BCUT2D eigenvalue weighted by Crippen LogP contribution is 2.17. The second-order valence-electron chi connectivity index (χ2n) is 6.83. The van der Waals surface area contributed by atoms with Gasteiger partial charge in [-0.3, -0.25) is 14.4 Å². The van der Waals surface area contributed by atoms with E-state index >= 15 is 0 Å². The van der Waals surface area contributed by atoms with Crippen molar-refractivity contribution in [1.82, 2.24) is 10.2 Å². The van der Waals surface area contributed by atoms with Crippen LogP contribution in [0.25, 0.3) is 0 Å². The van der Waals surface area contributed by atoms with Crippen molar-refractivity contribution < 1.29 is 19.1 Å². The Balaban J connectivity index is 1.54. The number of nitrogens with one attached hydrogen (secondary N) is 1.